The lowest BCUT2D eigenvalue weighted by Gasteiger charge is -2.13. The van der Waals surface area contributed by atoms with Gasteiger partial charge in [0, 0.05) is 18.6 Å². The van der Waals surface area contributed by atoms with Gasteiger partial charge < -0.3 is 0 Å². The lowest BCUT2D eigenvalue weighted by Crippen LogP contribution is -2.27. The molecule has 0 spiro atoms. The van der Waals surface area contributed by atoms with Gasteiger partial charge in [0.25, 0.3) is 0 Å². The Morgan fingerprint density at radius 3 is 2.61 bits per heavy atom. The highest BCUT2D eigenvalue weighted by molar-refractivity contribution is 7.89. The fraction of sp³-hybridized carbons (Fsp3) is 0.167. The first kappa shape index (κ1) is 12.7. The average molecular weight is 263 g/mol. The summed E-state index contributed by atoms with van der Waals surface area (Å²) in [7, 11) is -3.56. The van der Waals surface area contributed by atoms with E-state index < -0.39 is 16.1 Å². The molecule has 5 nitrogen and oxygen atoms in total. The van der Waals surface area contributed by atoms with Gasteiger partial charge in [-0.1, -0.05) is 6.07 Å². The molecule has 0 aliphatic rings. The van der Waals surface area contributed by atoms with E-state index in [1.165, 1.54) is 18.5 Å². The van der Waals surface area contributed by atoms with Crippen LogP contribution in [0.1, 0.15) is 18.7 Å². The van der Waals surface area contributed by atoms with Gasteiger partial charge in [0.05, 0.1) is 11.7 Å². The Morgan fingerprint density at radius 1 is 1.17 bits per heavy atom. The van der Waals surface area contributed by atoms with E-state index >= 15 is 0 Å². The van der Waals surface area contributed by atoms with Crippen molar-refractivity contribution in [2.75, 3.05) is 0 Å². The average Bonchev–Trinajstić information content (AvgIpc) is 2.40. The van der Waals surface area contributed by atoms with Crippen molar-refractivity contribution in [2.24, 2.45) is 0 Å². The van der Waals surface area contributed by atoms with Gasteiger partial charge in [0.2, 0.25) is 10.0 Å². The van der Waals surface area contributed by atoms with E-state index in [-0.39, 0.29) is 4.90 Å². The predicted octanol–water partition coefficient (Wildman–Crippen LogP) is 1.52. The molecule has 0 aliphatic carbocycles. The van der Waals surface area contributed by atoms with Gasteiger partial charge in [-0.2, -0.15) is 0 Å². The SMILES string of the molecule is C[C@H](NS(=O)(=O)c1cccnc1)c1ccccn1. The van der Waals surface area contributed by atoms with Crippen molar-refractivity contribution in [3.05, 3.63) is 54.6 Å². The second-order valence-corrected chi connectivity index (χ2v) is 5.50. The smallest absolute Gasteiger partial charge is 0.242 e. The number of sulfonamides is 1. The topological polar surface area (TPSA) is 72.0 Å². The molecule has 0 saturated carbocycles. The molecule has 2 aromatic heterocycles. The molecule has 6 heteroatoms. The lowest BCUT2D eigenvalue weighted by molar-refractivity contribution is 0.563. The van der Waals surface area contributed by atoms with Crippen LogP contribution in [0.2, 0.25) is 0 Å². The molecule has 2 heterocycles. The molecule has 0 aromatic carbocycles. The van der Waals surface area contributed by atoms with Crippen LogP contribution >= 0.6 is 0 Å². The second kappa shape index (κ2) is 5.24. The van der Waals surface area contributed by atoms with Crippen molar-refractivity contribution in [3.63, 3.8) is 0 Å². The molecule has 0 amide bonds. The molecule has 2 aromatic rings. The normalized spacial score (nSPS) is 13.2. The highest BCUT2D eigenvalue weighted by Gasteiger charge is 2.18. The van der Waals surface area contributed by atoms with E-state index in [1.54, 1.807) is 31.3 Å². The number of nitrogens with one attached hydrogen (secondary N) is 1. The highest BCUT2D eigenvalue weighted by atomic mass is 32.2. The summed E-state index contributed by atoms with van der Waals surface area (Å²) in [5.74, 6) is 0. The fourth-order valence-electron chi connectivity index (χ4n) is 1.50. The maximum absolute atomic E-state index is 12.0. The Kier molecular flexibility index (Phi) is 3.69. The minimum atomic E-state index is -3.56. The summed E-state index contributed by atoms with van der Waals surface area (Å²) in [6, 6.07) is 8.07. The van der Waals surface area contributed by atoms with Crippen LogP contribution < -0.4 is 4.72 Å². The molecule has 2 rings (SSSR count). The first-order chi connectivity index (χ1) is 8.59. The zero-order chi connectivity index (χ0) is 13.0. The fourth-order valence-corrected chi connectivity index (χ4v) is 2.68. The van der Waals surface area contributed by atoms with Crippen LogP contribution in [0.25, 0.3) is 0 Å². The zero-order valence-corrected chi connectivity index (χ0v) is 10.6. The number of rotatable bonds is 4. The molecule has 0 bridgehead atoms. The van der Waals surface area contributed by atoms with Crippen LogP contribution in [-0.4, -0.2) is 18.4 Å². The number of nitrogens with zero attached hydrogens (tertiary/aromatic N) is 2. The number of aromatic nitrogens is 2. The van der Waals surface area contributed by atoms with Crippen molar-refractivity contribution in [2.45, 2.75) is 17.9 Å². The van der Waals surface area contributed by atoms with Gasteiger partial charge >= 0.3 is 0 Å². The molecular weight excluding hydrogens is 250 g/mol. The Balaban J connectivity index is 2.20. The Labute approximate surface area is 106 Å². The summed E-state index contributed by atoms with van der Waals surface area (Å²) in [6.07, 6.45) is 4.47. The van der Waals surface area contributed by atoms with Crippen LogP contribution in [0.3, 0.4) is 0 Å². The number of pyridine rings is 2. The van der Waals surface area contributed by atoms with E-state index in [0.29, 0.717) is 5.69 Å². The molecule has 0 radical (unpaired) electrons. The molecule has 0 fully saturated rings. The molecule has 0 aliphatic heterocycles. The minimum absolute atomic E-state index is 0.146. The number of hydrogen-bond donors (Lipinski definition) is 1. The Morgan fingerprint density at radius 2 is 2.00 bits per heavy atom. The summed E-state index contributed by atoms with van der Waals surface area (Å²) in [5, 5.41) is 0. The van der Waals surface area contributed by atoms with Crippen LogP contribution in [0, 0.1) is 0 Å². The lowest BCUT2D eigenvalue weighted by atomic mass is 10.2. The third kappa shape index (κ3) is 2.91. The van der Waals surface area contributed by atoms with Crippen molar-refractivity contribution < 1.29 is 8.42 Å². The van der Waals surface area contributed by atoms with Gasteiger partial charge in [-0.05, 0) is 31.2 Å². The molecule has 0 unspecified atom stereocenters. The molecular formula is C12H13N3O2S. The van der Waals surface area contributed by atoms with E-state index in [9.17, 15) is 8.42 Å². The molecule has 0 saturated heterocycles. The molecule has 1 atom stereocenters. The summed E-state index contributed by atoms with van der Waals surface area (Å²) < 4.78 is 26.6. The maximum atomic E-state index is 12.0. The zero-order valence-electron chi connectivity index (χ0n) is 9.82. The van der Waals surface area contributed by atoms with Gasteiger partial charge in [0.1, 0.15) is 4.90 Å². The van der Waals surface area contributed by atoms with Crippen LogP contribution in [-0.2, 0) is 10.0 Å². The molecule has 18 heavy (non-hydrogen) atoms. The minimum Gasteiger partial charge on any atom is -0.263 e. The van der Waals surface area contributed by atoms with E-state index in [2.05, 4.69) is 14.7 Å². The van der Waals surface area contributed by atoms with Crippen molar-refractivity contribution in [3.8, 4) is 0 Å². The van der Waals surface area contributed by atoms with Gasteiger partial charge in [-0.15, -0.1) is 0 Å². The van der Waals surface area contributed by atoms with Crippen LogP contribution in [0.4, 0.5) is 0 Å². The number of hydrogen-bond acceptors (Lipinski definition) is 4. The monoisotopic (exact) mass is 263 g/mol. The molecule has 1 N–H and O–H groups in total. The highest BCUT2D eigenvalue weighted by Crippen LogP contribution is 2.13. The standard InChI is InChI=1S/C12H13N3O2S/c1-10(12-6-2-3-8-14-12)15-18(16,17)11-5-4-7-13-9-11/h2-10,15H,1H3/t10-/m0/s1. The van der Waals surface area contributed by atoms with E-state index in [4.69, 9.17) is 0 Å². The maximum Gasteiger partial charge on any atom is 0.242 e. The van der Waals surface area contributed by atoms with Gasteiger partial charge in [-0.3, -0.25) is 9.97 Å². The van der Waals surface area contributed by atoms with E-state index in [1.807, 2.05) is 6.07 Å². The Hall–Kier alpha value is -1.79. The third-order valence-corrected chi connectivity index (χ3v) is 3.93. The summed E-state index contributed by atoms with van der Waals surface area (Å²) in [5.41, 5.74) is 0.671. The van der Waals surface area contributed by atoms with Crippen LogP contribution in [0.15, 0.2) is 53.8 Å². The Bertz CT molecular complexity index is 600. The van der Waals surface area contributed by atoms with Gasteiger partial charge in [-0.25, -0.2) is 13.1 Å². The van der Waals surface area contributed by atoms with Crippen molar-refractivity contribution >= 4 is 10.0 Å². The second-order valence-electron chi connectivity index (χ2n) is 3.79. The summed E-state index contributed by atoms with van der Waals surface area (Å²) >= 11 is 0. The molecule has 94 valence electrons. The van der Waals surface area contributed by atoms with Crippen molar-refractivity contribution in [1.29, 1.82) is 0 Å². The van der Waals surface area contributed by atoms with Gasteiger partial charge in [0.15, 0.2) is 0 Å². The van der Waals surface area contributed by atoms with E-state index in [0.717, 1.165) is 0 Å². The largest absolute Gasteiger partial charge is 0.263 e. The first-order valence-electron chi connectivity index (χ1n) is 5.43. The first-order valence-corrected chi connectivity index (χ1v) is 6.91. The predicted molar refractivity (Wildman–Crippen MR) is 67.2 cm³/mol. The quantitative estimate of drug-likeness (QED) is 0.907. The van der Waals surface area contributed by atoms with Crippen LogP contribution in [0.5, 0.6) is 0 Å². The third-order valence-electron chi connectivity index (χ3n) is 2.41. The summed E-state index contributed by atoms with van der Waals surface area (Å²) in [4.78, 5) is 8.06. The summed E-state index contributed by atoms with van der Waals surface area (Å²) in [6.45, 7) is 1.75. The van der Waals surface area contributed by atoms with Crippen molar-refractivity contribution in [1.82, 2.24) is 14.7 Å².